The number of pyridine rings is 1. The lowest BCUT2D eigenvalue weighted by Crippen LogP contribution is -2.36. The second-order valence-electron chi connectivity index (χ2n) is 2.85. The third kappa shape index (κ3) is 5.18. The van der Waals surface area contributed by atoms with Gasteiger partial charge in [-0.3, -0.25) is 4.79 Å². The Kier molecular flexibility index (Phi) is 4.10. The van der Waals surface area contributed by atoms with Crippen molar-refractivity contribution in [2.45, 2.75) is 6.18 Å². The highest BCUT2D eigenvalue weighted by molar-refractivity contribution is 5.77. The number of alkyl halides is 3. The summed E-state index contributed by atoms with van der Waals surface area (Å²) in [6.07, 6.45) is -2.97. The van der Waals surface area contributed by atoms with Crippen LogP contribution in [0.4, 0.5) is 13.2 Å². The molecule has 0 saturated heterocycles. The van der Waals surface area contributed by atoms with Crippen molar-refractivity contribution in [3.63, 3.8) is 0 Å². The Morgan fingerprint density at radius 1 is 1.44 bits per heavy atom. The van der Waals surface area contributed by atoms with E-state index < -0.39 is 25.2 Å². The molecule has 1 amide bonds. The maximum atomic E-state index is 11.7. The van der Waals surface area contributed by atoms with Gasteiger partial charge in [-0.15, -0.1) is 0 Å². The SMILES string of the molecule is O=C(COc1ccccn1)NCC(F)(F)F. The van der Waals surface area contributed by atoms with Gasteiger partial charge in [-0.05, 0) is 6.07 Å². The van der Waals surface area contributed by atoms with Crippen molar-refractivity contribution >= 4 is 5.91 Å². The van der Waals surface area contributed by atoms with Crippen LogP contribution in [0.15, 0.2) is 24.4 Å². The number of hydrogen-bond acceptors (Lipinski definition) is 3. The van der Waals surface area contributed by atoms with Gasteiger partial charge in [0.1, 0.15) is 6.54 Å². The van der Waals surface area contributed by atoms with Crippen molar-refractivity contribution < 1.29 is 22.7 Å². The molecule has 4 nitrogen and oxygen atoms in total. The van der Waals surface area contributed by atoms with Crippen LogP contribution in [0.3, 0.4) is 0 Å². The van der Waals surface area contributed by atoms with Crippen LogP contribution in [0.5, 0.6) is 5.88 Å². The number of rotatable bonds is 4. The van der Waals surface area contributed by atoms with Crippen LogP contribution >= 0.6 is 0 Å². The summed E-state index contributed by atoms with van der Waals surface area (Å²) < 4.78 is 40.0. The highest BCUT2D eigenvalue weighted by Gasteiger charge is 2.27. The van der Waals surface area contributed by atoms with E-state index in [1.165, 1.54) is 12.3 Å². The number of hydrogen-bond donors (Lipinski definition) is 1. The number of amides is 1. The first-order valence-electron chi connectivity index (χ1n) is 4.35. The monoisotopic (exact) mass is 234 g/mol. The van der Waals surface area contributed by atoms with Gasteiger partial charge in [0.15, 0.2) is 6.61 Å². The summed E-state index contributed by atoms with van der Waals surface area (Å²) in [4.78, 5) is 14.6. The smallest absolute Gasteiger partial charge is 0.405 e. The molecule has 0 atom stereocenters. The van der Waals surface area contributed by atoms with Gasteiger partial charge in [0.2, 0.25) is 5.88 Å². The fourth-order valence-electron chi connectivity index (χ4n) is 0.822. The van der Waals surface area contributed by atoms with E-state index >= 15 is 0 Å². The number of nitrogens with zero attached hydrogens (tertiary/aromatic N) is 1. The largest absolute Gasteiger partial charge is 0.468 e. The van der Waals surface area contributed by atoms with Gasteiger partial charge in [-0.25, -0.2) is 4.98 Å². The Morgan fingerprint density at radius 3 is 2.75 bits per heavy atom. The van der Waals surface area contributed by atoms with E-state index in [0.717, 1.165) is 0 Å². The molecule has 88 valence electrons. The molecule has 0 bridgehead atoms. The molecular weight excluding hydrogens is 225 g/mol. The molecule has 0 fully saturated rings. The fraction of sp³-hybridized carbons (Fsp3) is 0.333. The average Bonchev–Trinajstić information content (AvgIpc) is 2.24. The molecule has 0 aliphatic carbocycles. The minimum absolute atomic E-state index is 0.185. The maximum absolute atomic E-state index is 11.7. The molecule has 0 aliphatic heterocycles. The predicted molar refractivity (Wildman–Crippen MR) is 48.8 cm³/mol. The van der Waals surface area contributed by atoms with Crippen molar-refractivity contribution in [3.8, 4) is 5.88 Å². The molecule has 1 rings (SSSR count). The lowest BCUT2D eigenvalue weighted by atomic mass is 10.5. The molecule has 1 N–H and O–H groups in total. The summed E-state index contributed by atoms with van der Waals surface area (Å²) in [6.45, 7) is -1.86. The first-order valence-corrected chi connectivity index (χ1v) is 4.35. The van der Waals surface area contributed by atoms with Crippen LogP contribution in [0.2, 0.25) is 0 Å². The highest BCUT2D eigenvalue weighted by Crippen LogP contribution is 2.12. The second-order valence-corrected chi connectivity index (χ2v) is 2.85. The van der Waals surface area contributed by atoms with E-state index in [9.17, 15) is 18.0 Å². The summed E-state index contributed by atoms with van der Waals surface area (Å²) in [5.74, 6) is -0.660. The molecule has 0 aliphatic rings. The maximum Gasteiger partial charge on any atom is 0.405 e. The first kappa shape index (κ1) is 12.3. The topological polar surface area (TPSA) is 51.2 Å². The molecule has 0 spiro atoms. The van der Waals surface area contributed by atoms with Gasteiger partial charge >= 0.3 is 6.18 Å². The Balaban J connectivity index is 2.26. The lowest BCUT2D eigenvalue weighted by Gasteiger charge is -2.08. The zero-order chi connectivity index (χ0) is 12.0. The molecule has 0 aromatic carbocycles. The van der Waals surface area contributed by atoms with Gasteiger partial charge in [-0.2, -0.15) is 13.2 Å². The number of ether oxygens (including phenoxy) is 1. The van der Waals surface area contributed by atoms with Crippen LogP contribution in [0.1, 0.15) is 0 Å². The summed E-state index contributed by atoms with van der Waals surface area (Å²) in [6, 6.07) is 4.78. The first-order chi connectivity index (χ1) is 7.47. The van der Waals surface area contributed by atoms with Crippen molar-refractivity contribution in [2.75, 3.05) is 13.2 Å². The second kappa shape index (κ2) is 5.34. The minimum atomic E-state index is -4.42. The minimum Gasteiger partial charge on any atom is -0.468 e. The zero-order valence-electron chi connectivity index (χ0n) is 8.12. The van der Waals surface area contributed by atoms with E-state index in [0.29, 0.717) is 0 Å². The third-order valence-corrected chi connectivity index (χ3v) is 1.47. The Hall–Kier alpha value is -1.79. The van der Waals surface area contributed by atoms with E-state index in [1.54, 1.807) is 17.4 Å². The molecule has 16 heavy (non-hydrogen) atoms. The van der Waals surface area contributed by atoms with Crippen LogP contribution in [0, 0.1) is 0 Å². The quantitative estimate of drug-likeness (QED) is 0.849. The van der Waals surface area contributed by atoms with E-state index in [4.69, 9.17) is 4.74 Å². The van der Waals surface area contributed by atoms with Crippen molar-refractivity contribution in [1.29, 1.82) is 0 Å². The summed E-state index contributed by atoms with van der Waals surface area (Å²) >= 11 is 0. The molecule has 1 heterocycles. The summed E-state index contributed by atoms with van der Waals surface area (Å²) in [7, 11) is 0. The van der Waals surface area contributed by atoms with Crippen LogP contribution in [-0.4, -0.2) is 30.2 Å². The number of aromatic nitrogens is 1. The number of nitrogens with one attached hydrogen (secondary N) is 1. The number of carbonyl (C=O) groups excluding carboxylic acids is 1. The van der Waals surface area contributed by atoms with Gasteiger partial charge < -0.3 is 10.1 Å². The summed E-state index contributed by atoms with van der Waals surface area (Å²) in [5.41, 5.74) is 0. The van der Waals surface area contributed by atoms with E-state index in [2.05, 4.69) is 4.98 Å². The molecule has 0 radical (unpaired) electrons. The fourth-order valence-corrected chi connectivity index (χ4v) is 0.822. The van der Waals surface area contributed by atoms with Crippen molar-refractivity contribution in [2.24, 2.45) is 0 Å². The normalized spacial score (nSPS) is 10.9. The van der Waals surface area contributed by atoms with Gasteiger partial charge in [-0.1, -0.05) is 6.07 Å². The third-order valence-electron chi connectivity index (χ3n) is 1.47. The van der Waals surface area contributed by atoms with Crippen LogP contribution < -0.4 is 10.1 Å². The highest BCUT2D eigenvalue weighted by atomic mass is 19.4. The van der Waals surface area contributed by atoms with Crippen LogP contribution in [0.25, 0.3) is 0 Å². The molecule has 1 aromatic heterocycles. The molecule has 0 saturated carbocycles. The molecule has 1 aromatic rings. The number of halogens is 3. The zero-order valence-corrected chi connectivity index (χ0v) is 8.12. The average molecular weight is 234 g/mol. The molecular formula is C9H9F3N2O2. The standard InChI is InChI=1S/C9H9F3N2O2/c10-9(11,12)6-14-7(15)5-16-8-3-1-2-4-13-8/h1-4H,5-6H2,(H,14,15). The van der Waals surface area contributed by atoms with Crippen molar-refractivity contribution in [1.82, 2.24) is 10.3 Å². The van der Waals surface area contributed by atoms with Gasteiger partial charge in [0, 0.05) is 12.3 Å². The summed E-state index contributed by atoms with van der Waals surface area (Å²) in [5, 5.41) is 1.68. The Morgan fingerprint density at radius 2 is 2.19 bits per heavy atom. The van der Waals surface area contributed by atoms with Crippen molar-refractivity contribution in [3.05, 3.63) is 24.4 Å². The van der Waals surface area contributed by atoms with Crippen LogP contribution in [-0.2, 0) is 4.79 Å². The van der Waals surface area contributed by atoms with Gasteiger partial charge in [0.05, 0.1) is 0 Å². The van der Waals surface area contributed by atoms with E-state index in [1.807, 2.05) is 0 Å². The lowest BCUT2D eigenvalue weighted by molar-refractivity contribution is -0.139. The molecule has 0 unspecified atom stereocenters. The van der Waals surface area contributed by atoms with E-state index in [-0.39, 0.29) is 5.88 Å². The predicted octanol–water partition coefficient (Wildman–Crippen LogP) is 1.14. The molecule has 7 heteroatoms. The number of carbonyl (C=O) groups is 1. The Labute approximate surface area is 89.4 Å². The van der Waals surface area contributed by atoms with Gasteiger partial charge in [0.25, 0.3) is 5.91 Å². The Bertz CT molecular complexity index is 340.